The second-order valence-corrected chi connectivity index (χ2v) is 8.16. The zero-order valence-corrected chi connectivity index (χ0v) is 18.8. The summed E-state index contributed by atoms with van der Waals surface area (Å²) in [6, 6.07) is 14.7. The Labute approximate surface area is 206 Å². The molecule has 3 heterocycles. The maximum absolute atomic E-state index is 13.6. The van der Waals surface area contributed by atoms with Crippen molar-refractivity contribution in [2.24, 2.45) is 4.99 Å². The average molecular weight is 513 g/mol. The van der Waals surface area contributed by atoms with Crippen molar-refractivity contribution < 1.29 is 26.3 Å². The molecular formula is C26H17F6N5. The van der Waals surface area contributed by atoms with Crippen LogP contribution in [0.15, 0.2) is 90.3 Å². The predicted octanol–water partition coefficient (Wildman–Crippen LogP) is 7.16. The summed E-state index contributed by atoms with van der Waals surface area (Å²) in [5.74, 6) is 0.332. The van der Waals surface area contributed by atoms with Crippen LogP contribution in [0.3, 0.4) is 0 Å². The average Bonchev–Trinajstić information content (AvgIpc) is 2.88. The van der Waals surface area contributed by atoms with Gasteiger partial charge in [0, 0.05) is 41.1 Å². The molecule has 0 bridgehead atoms. The maximum Gasteiger partial charge on any atom is 0.418 e. The van der Waals surface area contributed by atoms with Crippen molar-refractivity contribution in [3.05, 3.63) is 108 Å². The van der Waals surface area contributed by atoms with Crippen LogP contribution >= 0.6 is 0 Å². The first-order valence-electron chi connectivity index (χ1n) is 11.0. The lowest BCUT2D eigenvalue weighted by Crippen LogP contribution is -2.25. The number of nitrogens with one attached hydrogen (secondary N) is 2. The number of rotatable bonds is 3. The smallest absolute Gasteiger partial charge is 0.359 e. The molecule has 37 heavy (non-hydrogen) atoms. The van der Waals surface area contributed by atoms with E-state index in [-0.39, 0.29) is 11.3 Å². The summed E-state index contributed by atoms with van der Waals surface area (Å²) in [6.45, 7) is 0. The molecule has 0 spiro atoms. The highest BCUT2D eigenvalue weighted by atomic mass is 19.4. The van der Waals surface area contributed by atoms with Gasteiger partial charge in [0.2, 0.25) is 0 Å². The number of halogens is 6. The lowest BCUT2D eigenvalue weighted by molar-refractivity contribution is -0.138. The Morgan fingerprint density at radius 1 is 0.784 bits per heavy atom. The molecule has 0 radical (unpaired) electrons. The van der Waals surface area contributed by atoms with E-state index >= 15 is 0 Å². The molecule has 1 aliphatic heterocycles. The van der Waals surface area contributed by atoms with E-state index in [9.17, 15) is 26.3 Å². The fourth-order valence-electron chi connectivity index (χ4n) is 3.94. The molecule has 1 atom stereocenters. The van der Waals surface area contributed by atoms with Crippen LogP contribution < -0.4 is 10.6 Å². The van der Waals surface area contributed by atoms with Crippen molar-refractivity contribution in [3.8, 4) is 11.3 Å². The molecule has 0 saturated heterocycles. The van der Waals surface area contributed by atoms with Crippen molar-refractivity contribution in [3.63, 3.8) is 0 Å². The molecule has 2 N–H and O–H groups in total. The number of aliphatic imine (C=N–C) groups is 1. The van der Waals surface area contributed by atoms with Crippen LogP contribution in [0.25, 0.3) is 11.3 Å². The van der Waals surface area contributed by atoms with Gasteiger partial charge in [-0.05, 0) is 66.2 Å². The standard InChI is InChI=1S/C26H17F6N5/c27-25(28,29)17-4-6-18(7-5-17)35-24-19-8-3-16(22-20(26(30,31)32)2-1-11-34-22)14-21(19)36-23(37-24)15-9-12-33-13-10-15/h1-14,23,36H,(H,35,37). The number of aromatic nitrogens is 2. The highest BCUT2D eigenvalue weighted by Gasteiger charge is 2.35. The van der Waals surface area contributed by atoms with Gasteiger partial charge in [-0.3, -0.25) is 9.97 Å². The number of anilines is 2. The van der Waals surface area contributed by atoms with Gasteiger partial charge in [-0.2, -0.15) is 26.3 Å². The van der Waals surface area contributed by atoms with Crippen molar-refractivity contribution in [2.45, 2.75) is 18.5 Å². The highest BCUT2D eigenvalue weighted by Crippen LogP contribution is 2.39. The predicted molar refractivity (Wildman–Crippen MR) is 127 cm³/mol. The van der Waals surface area contributed by atoms with Crippen LogP contribution in [0.5, 0.6) is 0 Å². The molecule has 0 aliphatic carbocycles. The molecule has 2 aromatic heterocycles. The molecule has 1 unspecified atom stereocenters. The van der Waals surface area contributed by atoms with Gasteiger partial charge in [0.25, 0.3) is 0 Å². The summed E-state index contributed by atoms with van der Waals surface area (Å²) in [6.07, 6.45) is -5.26. The van der Waals surface area contributed by atoms with Gasteiger partial charge in [0.1, 0.15) is 12.0 Å². The van der Waals surface area contributed by atoms with Gasteiger partial charge < -0.3 is 10.6 Å². The van der Waals surface area contributed by atoms with Crippen LogP contribution in [0, 0.1) is 0 Å². The van der Waals surface area contributed by atoms with Crippen LogP contribution in [0.2, 0.25) is 0 Å². The first-order valence-corrected chi connectivity index (χ1v) is 11.0. The van der Waals surface area contributed by atoms with Crippen molar-refractivity contribution in [1.82, 2.24) is 9.97 Å². The minimum absolute atomic E-state index is 0.222. The lowest BCUT2D eigenvalue weighted by atomic mass is 10.00. The first kappa shape index (κ1) is 24.3. The Kier molecular flexibility index (Phi) is 6.06. The van der Waals surface area contributed by atoms with E-state index in [1.54, 1.807) is 36.7 Å². The molecule has 1 aliphatic rings. The summed E-state index contributed by atoms with van der Waals surface area (Å²) >= 11 is 0. The van der Waals surface area contributed by atoms with E-state index < -0.39 is 29.6 Å². The number of fused-ring (bicyclic) bond motifs is 1. The van der Waals surface area contributed by atoms with E-state index in [0.29, 0.717) is 22.8 Å². The molecule has 2 aromatic carbocycles. The third-order valence-electron chi connectivity index (χ3n) is 5.71. The van der Waals surface area contributed by atoms with Crippen molar-refractivity contribution in [1.29, 1.82) is 0 Å². The van der Waals surface area contributed by atoms with E-state index in [1.165, 1.54) is 30.5 Å². The normalized spacial score (nSPS) is 15.4. The molecule has 0 saturated carbocycles. The van der Waals surface area contributed by atoms with Crippen LogP contribution in [-0.4, -0.2) is 15.8 Å². The minimum Gasteiger partial charge on any atom is -0.359 e. The maximum atomic E-state index is 13.6. The SMILES string of the molecule is FC(F)(F)c1ccc(NC2=NC(c3ccncc3)Nc3cc(-c4ncccc4C(F)(F)F)ccc32)cc1. The lowest BCUT2D eigenvalue weighted by Gasteiger charge is -2.27. The number of hydrogen-bond acceptors (Lipinski definition) is 5. The fraction of sp³-hybridized carbons (Fsp3) is 0.115. The number of benzene rings is 2. The van der Waals surface area contributed by atoms with Crippen LogP contribution in [0.1, 0.15) is 28.4 Å². The number of alkyl halides is 6. The summed E-state index contributed by atoms with van der Waals surface area (Å²) < 4.78 is 79.7. The number of pyridine rings is 2. The monoisotopic (exact) mass is 513 g/mol. The van der Waals surface area contributed by atoms with Crippen LogP contribution in [0.4, 0.5) is 37.7 Å². The number of amidine groups is 1. The third-order valence-corrected chi connectivity index (χ3v) is 5.71. The molecule has 188 valence electrons. The van der Waals surface area contributed by atoms with Gasteiger partial charge in [-0.1, -0.05) is 6.07 Å². The zero-order valence-electron chi connectivity index (χ0n) is 18.8. The number of nitrogens with zero attached hydrogens (tertiary/aromatic N) is 3. The molecule has 4 aromatic rings. The van der Waals surface area contributed by atoms with E-state index in [0.717, 1.165) is 23.8 Å². The van der Waals surface area contributed by atoms with E-state index in [2.05, 4.69) is 25.6 Å². The largest absolute Gasteiger partial charge is 0.418 e. The summed E-state index contributed by atoms with van der Waals surface area (Å²) in [5.41, 5.74) is 0.450. The summed E-state index contributed by atoms with van der Waals surface area (Å²) in [5, 5.41) is 6.26. The van der Waals surface area contributed by atoms with Crippen molar-refractivity contribution in [2.75, 3.05) is 10.6 Å². The van der Waals surface area contributed by atoms with E-state index in [1.807, 2.05) is 0 Å². The Balaban J connectivity index is 1.56. The Morgan fingerprint density at radius 3 is 2.19 bits per heavy atom. The molecule has 0 amide bonds. The molecular weight excluding hydrogens is 496 g/mol. The van der Waals surface area contributed by atoms with Gasteiger partial charge >= 0.3 is 12.4 Å². The molecule has 5 nitrogen and oxygen atoms in total. The second kappa shape index (κ2) is 9.23. The van der Waals surface area contributed by atoms with Gasteiger partial charge in [-0.15, -0.1) is 0 Å². The summed E-state index contributed by atoms with van der Waals surface area (Å²) in [7, 11) is 0. The molecule has 0 fully saturated rings. The van der Waals surface area contributed by atoms with Crippen molar-refractivity contribution >= 4 is 17.2 Å². The Bertz CT molecular complexity index is 1450. The third kappa shape index (κ3) is 5.11. The highest BCUT2D eigenvalue weighted by molar-refractivity contribution is 6.13. The minimum atomic E-state index is -4.59. The number of hydrogen-bond donors (Lipinski definition) is 2. The Morgan fingerprint density at radius 2 is 1.51 bits per heavy atom. The van der Waals surface area contributed by atoms with Crippen LogP contribution in [-0.2, 0) is 12.4 Å². The first-order chi connectivity index (χ1) is 17.6. The Hall–Kier alpha value is -4.41. The quantitative estimate of drug-likeness (QED) is 0.285. The fourth-order valence-corrected chi connectivity index (χ4v) is 3.94. The van der Waals surface area contributed by atoms with E-state index in [4.69, 9.17) is 0 Å². The van der Waals surface area contributed by atoms with Gasteiger partial charge in [0.05, 0.1) is 16.8 Å². The molecule has 5 rings (SSSR count). The second-order valence-electron chi connectivity index (χ2n) is 8.16. The van der Waals surface area contributed by atoms with Gasteiger partial charge in [-0.25, -0.2) is 4.99 Å². The topological polar surface area (TPSA) is 62.2 Å². The molecule has 11 heteroatoms. The van der Waals surface area contributed by atoms with Gasteiger partial charge in [0.15, 0.2) is 0 Å². The zero-order chi connectivity index (χ0) is 26.2. The summed E-state index contributed by atoms with van der Waals surface area (Å²) in [4.78, 5) is 12.6.